The van der Waals surface area contributed by atoms with Crippen molar-refractivity contribution in [3.05, 3.63) is 271 Å². The lowest BCUT2D eigenvalue weighted by Gasteiger charge is -2.45. The van der Waals surface area contributed by atoms with Crippen LogP contribution in [0.25, 0.3) is 66.1 Å². The number of rotatable bonds is 6. The minimum Gasteiger partial charge on any atom is -0.457 e. The summed E-state index contributed by atoms with van der Waals surface area (Å²) in [7, 11) is 0. The van der Waals surface area contributed by atoms with Crippen LogP contribution in [0, 0.1) is 0 Å². The second-order valence-electron chi connectivity index (χ2n) is 17.9. The van der Waals surface area contributed by atoms with Crippen molar-refractivity contribution >= 4 is 49.8 Å². The fourth-order valence-electron chi connectivity index (χ4n) is 11.1. The van der Waals surface area contributed by atoms with Crippen LogP contribution in [0.1, 0.15) is 22.3 Å². The Balaban J connectivity index is 0.968. The Morgan fingerprint density at radius 1 is 0.348 bits per heavy atom. The molecular formula is C65H41NO3. The van der Waals surface area contributed by atoms with Crippen LogP contribution >= 0.6 is 0 Å². The van der Waals surface area contributed by atoms with Crippen molar-refractivity contribution in [1.82, 2.24) is 0 Å². The van der Waals surface area contributed by atoms with Crippen LogP contribution in [-0.2, 0) is 5.41 Å². The molecule has 1 aromatic heterocycles. The van der Waals surface area contributed by atoms with Crippen molar-refractivity contribution in [2.24, 2.45) is 0 Å². The summed E-state index contributed by atoms with van der Waals surface area (Å²) in [5, 5.41) is 4.30. The number of fused-ring (bicyclic) bond motifs is 13. The zero-order chi connectivity index (χ0) is 45.5. The largest absolute Gasteiger partial charge is 0.457 e. The van der Waals surface area contributed by atoms with Crippen LogP contribution in [0.5, 0.6) is 23.0 Å². The maximum Gasteiger partial charge on any atom is 0.145 e. The SMILES string of the molecule is c1ccc(-c2ccc(-c3ccc(N(c4cccc(-c5cccc6c5Oc5ccccc5C65c6ccccc6Oc6ccccc65)c4)c4cc5ccccc5c5oc6ccccc6c45)cc3)cc2)cc1. The summed E-state index contributed by atoms with van der Waals surface area (Å²) in [5.74, 6) is 3.32. The summed E-state index contributed by atoms with van der Waals surface area (Å²) in [6.07, 6.45) is 0. The van der Waals surface area contributed by atoms with E-state index in [2.05, 4.69) is 235 Å². The number of ether oxygens (including phenoxy) is 2. The van der Waals surface area contributed by atoms with E-state index in [0.29, 0.717) is 0 Å². The third kappa shape index (κ3) is 6.02. The van der Waals surface area contributed by atoms with Gasteiger partial charge in [-0.2, -0.15) is 0 Å². The highest BCUT2D eigenvalue weighted by Gasteiger charge is 2.50. The Kier molecular flexibility index (Phi) is 8.77. The highest BCUT2D eigenvalue weighted by molar-refractivity contribution is 6.22. The molecule has 3 heterocycles. The van der Waals surface area contributed by atoms with Gasteiger partial charge in [0, 0.05) is 50.0 Å². The second-order valence-corrected chi connectivity index (χ2v) is 17.9. The predicted molar refractivity (Wildman–Crippen MR) is 281 cm³/mol. The summed E-state index contributed by atoms with van der Waals surface area (Å²) >= 11 is 0. The maximum atomic E-state index is 7.15. The van der Waals surface area contributed by atoms with E-state index in [1.54, 1.807) is 0 Å². The average molecular weight is 884 g/mol. The normalized spacial score (nSPS) is 13.0. The first-order valence-corrected chi connectivity index (χ1v) is 23.5. The molecule has 4 nitrogen and oxygen atoms in total. The highest BCUT2D eigenvalue weighted by Crippen LogP contribution is 2.62. The van der Waals surface area contributed by atoms with E-state index in [1.807, 2.05) is 18.2 Å². The van der Waals surface area contributed by atoms with Crippen LogP contribution in [0.2, 0.25) is 0 Å². The van der Waals surface area contributed by atoms with Gasteiger partial charge in [-0.1, -0.05) is 194 Å². The van der Waals surface area contributed by atoms with Crippen molar-refractivity contribution in [3.63, 3.8) is 0 Å². The number of anilines is 3. The van der Waals surface area contributed by atoms with Gasteiger partial charge >= 0.3 is 0 Å². The van der Waals surface area contributed by atoms with Crippen LogP contribution in [-0.4, -0.2) is 0 Å². The van der Waals surface area contributed by atoms with Crippen molar-refractivity contribution in [1.29, 1.82) is 0 Å². The van der Waals surface area contributed by atoms with Crippen LogP contribution in [0.15, 0.2) is 253 Å². The summed E-state index contributed by atoms with van der Waals surface area (Å²) in [4.78, 5) is 2.39. The Morgan fingerprint density at radius 3 is 1.57 bits per heavy atom. The molecule has 0 N–H and O–H groups in total. The second kappa shape index (κ2) is 15.5. The van der Waals surface area contributed by atoms with Gasteiger partial charge in [0.1, 0.15) is 34.2 Å². The lowest BCUT2D eigenvalue weighted by atomic mass is 9.62. The van der Waals surface area contributed by atoms with Gasteiger partial charge in [0.25, 0.3) is 0 Å². The van der Waals surface area contributed by atoms with E-state index >= 15 is 0 Å². The van der Waals surface area contributed by atoms with E-state index in [-0.39, 0.29) is 0 Å². The first kappa shape index (κ1) is 39.1. The summed E-state index contributed by atoms with van der Waals surface area (Å²) in [6.45, 7) is 0. The van der Waals surface area contributed by atoms with Gasteiger partial charge in [0.2, 0.25) is 0 Å². The van der Waals surface area contributed by atoms with Crippen molar-refractivity contribution < 1.29 is 13.9 Å². The Bertz CT molecular complexity index is 3900. The molecule has 0 unspecified atom stereocenters. The summed E-state index contributed by atoms with van der Waals surface area (Å²) in [5.41, 5.74) is 15.1. The molecule has 0 saturated heterocycles. The zero-order valence-corrected chi connectivity index (χ0v) is 37.3. The molecule has 324 valence electrons. The molecule has 1 spiro atoms. The molecule has 0 atom stereocenters. The summed E-state index contributed by atoms with van der Waals surface area (Å²) < 4.78 is 20.6. The number of nitrogens with zero attached hydrogens (tertiary/aromatic N) is 1. The fourth-order valence-corrected chi connectivity index (χ4v) is 11.1. The monoisotopic (exact) mass is 883 g/mol. The minimum absolute atomic E-state index is 0.697. The molecule has 12 aromatic rings. The van der Waals surface area contributed by atoms with E-state index in [9.17, 15) is 0 Å². The third-order valence-electron chi connectivity index (χ3n) is 14.2. The number of hydrogen-bond donors (Lipinski definition) is 0. The average Bonchev–Trinajstić information content (AvgIpc) is 3.82. The standard InChI is InChI=1S/C65H41NO3/c1-2-16-42(17-3-1)43-32-34-44(35-33-43)45-36-38-48(39-37-45)66(57-41-47-18-4-5-21-51(47)64-62(57)52-22-6-10-28-58(52)68-64)49-20-14-19-46(40-49)50-23-15-27-56-63(50)69-61-31-13-9-26-55(61)65(56)53-24-7-11-29-59(53)67-60-30-12-8-25-54(60)65/h1-41H. The molecule has 11 aromatic carbocycles. The molecule has 0 fully saturated rings. The minimum atomic E-state index is -0.697. The van der Waals surface area contributed by atoms with Crippen LogP contribution < -0.4 is 14.4 Å². The molecule has 2 aliphatic heterocycles. The van der Waals surface area contributed by atoms with Crippen molar-refractivity contribution in [2.75, 3.05) is 4.90 Å². The molecule has 69 heavy (non-hydrogen) atoms. The van der Waals surface area contributed by atoms with E-state index in [0.717, 1.165) is 117 Å². The Morgan fingerprint density at radius 2 is 0.870 bits per heavy atom. The molecule has 0 radical (unpaired) electrons. The molecule has 0 saturated carbocycles. The number of hydrogen-bond acceptors (Lipinski definition) is 4. The van der Waals surface area contributed by atoms with Gasteiger partial charge in [0.05, 0.1) is 16.5 Å². The summed E-state index contributed by atoms with van der Waals surface area (Å²) in [6, 6.07) is 88.4. The Hall–Kier alpha value is -9.12. The predicted octanol–water partition coefficient (Wildman–Crippen LogP) is 17.8. The first-order chi connectivity index (χ1) is 34.2. The van der Waals surface area contributed by atoms with E-state index in [1.165, 1.54) is 11.1 Å². The lowest BCUT2D eigenvalue weighted by Crippen LogP contribution is -2.36. The van der Waals surface area contributed by atoms with Gasteiger partial charge in [-0.15, -0.1) is 0 Å². The van der Waals surface area contributed by atoms with Crippen LogP contribution in [0.4, 0.5) is 17.1 Å². The first-order valence-electron chi connectivity index (χ1n) is 23.5. The molecule has 0 bridgehead atoms. The lowest BCUT2D eigenvalue weighted by molar-refractivity contribution is 0.400. The zero-order valence-electron chi connectivity index (χ0n) is 37.3. The van der Waals surface area contributed by atoms with Crippen molar-refractivity contribution in [2.45, 2.75) is 5.41 Å². The molecule has 14 rings (SSSR count). The van der Waals surface area contributed by atoms with Crippen molar-refractivity contribution in [3.8, 4) is 56.4 Å². The quantitative estimate of drug-likeness (QED) is 0.167. The highest BCUT2D eigenvalue weighted by atomic mass is 16.5. The fraction of sp³-hybridized carbons (Fsp3) is 0.0154. The van der Waals surface area contributed by atoms with Gasteiger partial charge in [-0.05, 0) is 87.8 Å². The molecule has 2 aliphatic rings. The van der Waals surface area contributed by atoms with E-state index in [4.69, 9.17) is 13.9 Å². The number of para-hydroxylation sites is 5. The smallest absolute Gasteiger partial charge is 0.145 e. The maximum absolute atomic E-state index is 7.15. The van der Waals surface area contributed by atoms with Gasteiger partial charge in [-0.25, -0.2) is 0 Å². The molecular weight excluding hydrogens is 843 g/mol. The molecule has 0 aliphatic carbocycles. The number of benzene rings is 11. The van der Waals surface area contributed by atoms with E-state index < -0.39 is 5.41 Å². The number of furan rings is 1. The third-order valence-corrected chi connectivity index (χ3v) is 14.2. The molecule has 0 amide bonds. The van der Waals surface area contributed by atoms with Crippen LogP contribution in [0.3, 0.4) is 0 Å². The molecule has 4 heteroatoms. The van der Waals surface area contributed by atoms with Gasteiger partial charge in [0.15, 0.2) is 0 Å². The van der Waals surface area contributed by atoms with Gasteiger partial charge in [-0.3, -0.25) is 0 Å². The van der Waals surface area contributed by atoms with Gasteiger partial charge < -0.3 is 18.8 Å². The Labute approximate surface area is 399 Å². The topological polar surface area (TPSA) is 34.8 Å².